The maximum atomic E-state index is 13.3. The molecule has 1 saturated carbocycles. The highest BCUT2D eigenvalue weighted by molar-refractivity contribution is 6.03. The zero-order valence-corrected chi connectivity index (χ0v) is 19.5. The largest absolute Gasteiger partial charge is 0.445 e. The Morgan fingerprint density at radius 1 is 0.914 bits per heavy atom. The summed E-state index contributed by atoms with van der Waals surface area (Å²) in [5.74, 6) is -0.364. The Bertz CT molecular complexity index is 1220. The maximum absolute atomic E-state index is 13.3. The molecule has 1 aliphatic carbocycles. The molecule has 0 aromatic heterocycles. The SMILES string of the molecule is O=C(NCC(=O)N1CC(C(=O)Nc2cccc3ccccc23)C2CCCC21)OCc1ccccc1. The topological polar surface area (TPSA) is 87.7 Å². The van der Waals surface area contributed by atoms with Gasteiger partial charge >= 0.3 is 6.09 Å². The fourth-order valence-corrected chi connectivity index (χ4v) is 5.46. The number of fused-ring (bicyclic) bond motifs is 2. The summed E-state index contributed by atoms with van der Waals surface area (Å²) in [5.41, 5.74) is 1.66. The summed E-state index contributed by atoms with van der Waals surface area (Å²) in [4.78, 5) is 40.2. The second-order valence-electron chi connectivity index (χ2n) is 9.25. The van der Waals surface area contributed by atoms with Crippen molar-refractivity contribution < 1.29 is 19.1 Å². The summed E-state index contributed by atoms with van der Waals surface area (Å²) >= 11 is 0. The molecule has 3 amide bonds. The van der Waals surface area contributed by atoms with Gasteiger partial charge in [-0.1, -0.05) is 73.2 Å². The number of likely N-dealkylation sites (tertiary alicyclic amines) is 1. The van der Waals surface area contributed by atoms with Gasteiger partial charge in [-0.15, -0.1) is 0 Å². The highest BCUT2D eigenvalue weighted by Gasteiger charge is 2.48. The highest BCUT2D eigenvalue weighted by atomic mass is 16.5. The normalized spacial score (nSPS) is 20.9. The van der Waals surface area contributed by atoms with E-state index < -0.39 is 6.09 Å². The molecule has 35 heavy (non-hydrogen) atoms. The lowest BCUT2D eigenvalue weighted by Crippen LogP contribution is -2.43. The molecule has 1 heterocycles. The third-order valence-corrected chi connectivity index (χ3v) is 7.14. The molecule has 1 saturated heterocycles. The average Bonchev–Trinajstić information content (AvgIpc) is 3.50. The van der Waals surface area contributed by atoms with Crippen LogP contribution in [0.2, 0.25) is 0 Å². The fourth-order valence-electron chi connectivity index (χ4n) is 5.46. The monoisotopic (exact) mass is 471 g/mol. The van der Waals surface area contributed by atoms with Crippen LogP contribution in [-0.4, -0.2) is 41.9 Å². The molecule has 7 nitrogen and oxygen atoms in total. The summed E-state index contributed by atoms with van der Waals surface area (Å²) in [6.45, 7) is 0.367. The van der Waals surface area contributed by atoms with Gasteiger partial charge in [-0.05, 0) is 35.8 Å². The Morgan fingerprint density at radius 2 is 1.69 bits per heavy atom. The van der Waals surface area contributed by atoms with Gasteiger partial charge in [0.1, 0.15) is 13.2 Å². The number of hydrogen-bond donors (Lipinski definition) is 2. The van der Waals surface area contributed by atoms with Crippen LogP contribution in [0.3, 0.4) is 0 Å². The Kier molecular flexibility index (Phi) is 6.66. The number of nitrogens with zero attached hydrogens (tertiary/aromatic N) is 1. The predicted octanol–water partition coefficient (Wildman–Crippen LogP) is 4.33. The van der Waals surface area contributed by atoms with E-state index in [9.17, 15) is 14.4 Å². The average molecular weight is 472 g/mol. The Hall–Kier alpha value is -3.87. The first kappa shape index (κ1) is 22.9. The summed E-state index contributed by atoms with van der Waals surface area (Å²) in [6.07, 6.45) is 2.17. The molecule has 3 aromatic rings. The minimum absolute atomic E-state index is 0.0351. The molecular formula is C28H29N3O4. The molecule has 180 valence electrons. The van der Waals surface area contributed by atoms with Gasteiger partial charge in [0.15, 0.2) is 0 Å². The van der Waals surface area contributed by atoms with Crippen molar-refractivity contribution in [3.05, 3.63) is 78.4 Å². The van der Waals surface area contributed by atoms with Crippen LogP contribution in [0.25, 0.3) is 10.8 Å². The molecule has 3 atom stereocenters. The molecule has 3 unspecified atom stereocenters. The first-order valence-electron chi connectivity index (χ1n) is 12.1. The van der Waals surface area contributed by atoms with Crippen LogP contribution < -0.4 is 10.6 Å². The van der Waals surface area contributed by atoms with Gasteiger partial charge in [0.2, 0.25) is 11.8 Å². The van der Waals surface area contributed by atoms with Crippen LogP contribution in [0.15, 0.2) is 72.8 Å². The van der Waals surface area contributed by atoms with Gasteiger partial charge in [-0.25, -0.2) is 4.79 Å². The number of alkyl carbamates (subject to hydrolysis) is 1. The molecule has 0 spiro atoms. The number of amides is 3. The van der Waals surface area contributed by atoms with Crippen molar-refractivity contribution in [2.75, 3.05) is 18.4 Å². The molecule has 7 heteroatoms. The lowest BCUT2D eigenvalue weighted by Gasteiger charge is -2.23. The number of hydrogen-bond acceptors (Lipinski definition) is 4. The van der Waals surface area contributed by atoms with Gasteiger partial charge in [-0.3, -0.25) is 9.59 Å². The highest BCUT2D eigenvalue weighted by Crippen LogP contribution is 2.42. The minimum atomic E-state index is -0.630. The second kappa shape index (κ2) is 10.2. The van der Waals surface area contributed by atoms with Gasteiger partial charge in [0.25, 0.3) is 0 Å². The van der Waals surface area contributed by atoms with Crippen molar-refractivity contribution in [1.29, 1.82) is 0 Å². The number of ether oxygens (including phenoxy) is 1. The van der Waals surface area contributed by atoms with E-state index in [1.54, 1.807) is 4.90 Å². The number of anilines is 1. The van der Waals surface area contributed by atoms with Gasteiger partial charge in [-0.2, -0.15) is 0 Å². The van der Waals surface area contributed by atoms with Crippen molar-refractivity contribution in [3.63, 3.8) is 0 Å². The molecule has 1 aliphatic heterocycles. The van der Waals surface area contributed by atoms with Crippen LogP contribution in [-0.2, 0) is 20.9 Å². The zero-order valence-electron chi connectivity index (χ0n) is 19.5. The van der Waals surface area contributed by atoms with Crippen molar-refractivity contribution >= 4 is 34.4 Å². The first-order chi connectivity index (χ1) is 17.1. The van der Waals surface area contributed by atoms with E-state index in [1.807, 2.05) is 72.8 Å². The van der Waals surface area contributed by atoms with Gasteiger partial charge < -0.3 is 20.3 Å². The van der Waals surface area contributed by atoms with Crippen LogP contribution in [0.1, 0.15) is 24.8 Å². The quantitative estimate of drug-likeness (QED) is 0.560. The van der Waals surface area contributed by atoms with E-state index in [-0.39, 0.29) is 42.8 Å². The smallest absolute Gasteiger partial charge is 0.407 e. The van der Waals surface area contributed by atoms with Gasteiger partial charge in [0, 0.05) is 23.7 Å². The molecule has 5 rings (SSSR count). The molecule has 0 radical (unpaired) electrons. The van der Waals surface area contributed by atoms with E-state index in [4.69, 9.17) is 4.74 Å². The Balaban J connectivity index is 1.19. The van der Waals surface area contributed by atoms with E-state index >= 15 is 0 Å². The zero-order chi connectivity index (χ0) is 24.2. The lowest BCUT2D eigenvalue weighted by atomic mass is 9.91. The van der Waals surface area contributed by atoms with Crippen molar-refractivity contribution in [2.45, 2.75) is 31.9 Å². The van der Waals surface area contributed by atoms with Crippen LogP contribution in [0.5, 0.6) is 0 Å². The standard InChI is InChI=1S/C28H29N3O4/c32-26(16-29-28(34)35-18-19-8-2-1-3-9-19)31-17-23(22-13-7-15-25(22)31)27(33)30-24-14-6-11-20-10-4-5-12-21(20)24/h1-6,8-12,14,22-23,25H,7,13,15-18H2,(H,29,34)(H,30,33). The number of carbonyl (C=O) groups excluding carboxylic acids is 3. The summed E-state index contributed by atoms with van der Waals surface area (Å²) < 4.78 is 5.20. The van der Waals surface area contributed by atoms with Crippen molar-refractivity contribution in [2.24, 2.45) is 11.8 Å². The molecular weight excluding hydrogens is 442 g/mol. The van der Waals surface area contributed by atoms with E-state index in [1.165, 1.54) is 0 Å². The molecule has 3 aromatic carbocycles. The van der Waals surface area contributed by atoms with Crippen molar-refractivity contribution in [1.82, 2.24) is 10.2 Å². The molecule has 2 N–H and O–H groups in total. The molecule has 2 fully saturated rings. The third kappa shape index (κ3) is 4.99. The van der Waals surface area contributed by atoms with Crippen LogP contribution >= 0.6 is 0 Å². The maximum Gasteiger partial charge on any atom is 0.407 e. The third-order valence-electron chi connectivity index (χ3n) is 7.14. The Morgan fingerprint density at radius 3 is 2.54 bits per heavy atom. The van der Waals surface area contributed by atoms with Crippen molar-refractivity contribution in [3.8, 4) is 0 Å². The second-order valence-corrected chi connectivity index (χ2v) is 9.25. The van der Waals surface area contributed by atoms with E-state index in [0.29, 0.717) is 6.54 Å². The first-order valence-corrected chi connectivity index (χ1v) is 12.1. The molecule has 0 bridgehead atoms. The minimum Gasteiger partial charge on any atom is -0.445 e. The fraction of sp³-hybridized carbons (Fsp3) is 0.321. The van der Waals surface area contributed by atoms with E-state index in [0.717, 1.165) is 41.3 Å². The molecule has 2 aliphatic rings. The summed E-state index contributed by atoms with van der Waals surface area (Å²) in [5, 5.41) is 7.74. The number of benzene rings is 3. The number of rotatable bonds is 6. The lowest BCUT2D eigenvalue weighted by molar-refractivity contribution is -0.131. The number of nitrogens with one attached hydrogen (secondary N) is 2. The Labute approximate surface area is 204 Å². The number of carbonyl (C=O) groups is 3. The summed E-state index contributed by atoms with van der Waals surface area (Å²) in [7, 11) is 0. The van der Waals surface area contributed by atoms with Crippen LogP contribution in [0, 0.1) is 11.8 Å². The van der Waals surface area contributed by atoms with E-state index in [2.05, 4.69) is 10.6 Å². The van der Waals surface area contributed by atoms with Crippen LogP contribution in [0.4, 0.5) is 10.5 Å². The summed E-state index contributed by atoms with van der Waals surface area (Å²) in [6, 6.07) is 23.2. The predicted molar refractivity (Wildman–Crippen MR) is 134 cm³/mol. The van der Waals surface area contributed by atoms with Gasteiger partial charge in [0.05, 0.1) is 5.92 Å².